The highest BCUT2D eigenvalue weighted by molar-refractivity contribution is 8.00. The predicted molar refractivity (Wildman–Crippen MR) is 162 cm³/mol. The lowest BCUT2D eigenvalue weighted by Crippen LogP contribution is -2.43. The van der Waals surface area contributed by atoms with Crippen molar-refractivity contribution in [2.45, 2.75) is 22.6 Å². The molecule has 2 saturated carbocycles. The molecule has 0 spiro atoms. The van der Waals surface area contributed by atoms with Crippen LogP contribution in [0.3, 0.4) is 0 Å². The number of nitrogens with one attached hydrogen (secondary N) is 1. The third kappa shape index (κ3) is 4.30. The van der Waals surface area contributed by atoms with Crippen LogP contribution in [-0.4, -0.2) is 65.8 Å². The summed E-state index contributed by atoms with van der Waals surface area (Å²) in [6, 6.07) is 14.5. The van der Waals surface area contributed by atoms with E-state index in [0.29, 0.717) is 42.8 Å². The van der Waals surface area contributed by atoms with Gasteiger partial charge in [0.2, 0.25) is 11.8 Å². The van der Waals surface area contributed by atoms with Crippen LogP contribution >= 0.6 is 34.7 Å². The maximum atomic E-state index is 14.0. The van der Waals surface area contributed by atoms with E-state index in [9.17, 15) is 19.2 Å². The highest BCUT2D eigenvalue weighted by Gasteiger charge is 2.69. The molecule has 3 aromatic rings. The van der Waals surface area contributed by atoms with Crippen molar-refractivity contribution in [1.82, 2.24) is 9.88 Å². The molecule has 8 rings (SSSR count). The summed E-state index contributed by atoms with van der Waals surface area (Å²) in [7, 11) is 0. The number of carbonyl (C=O) groups excluding carboxylic acids is 3. The van der Waals surface area contributed by atoms with Crippen LogP contribution in [0.25, 0.3) is 0 Å². The molecule has 3 aliphatic heterocycles. The molecular formula is C31H28ClN3O6S2. The molecule has 4 heterocycles. The quantitative estimate of drug-likeness (QED) is 0.421. The van der Waals surface area contributed by atoms with Crippen molar-refractivity contribution in [1.29, 1.82) is 0 Å². The number of thiazole rings is 1. The maximum Gasteiger partial charge on any atom is 0.305 e. The van der Waals surface area contributed by atoms with Gasteiger partial charge in [-0.05, 0) is 54.5 Å². The topological polar surface area (TPSA) is 109 Å². The Labute approximate surface area is 260 Å². The van der Waals surface area contributed by atoms with E-state index in [0.717, 1.165) is 21.9 Å². The summed E-state index contributed by atoms with van der Waals surface area (Å²) in [5.41, 5.74) is 1.45. The number of carbonyl (C=O) groups is 3. The molecule has 4 unspecified atom stereocenters. The number of fused-ring (bicyclic) bond motifs is 9. The Morgan fingerprint density at radius 2 is 1.72 bits per heavy atom. The zero-order valence-electron chi connectivity index (χ0n) is 22.9. The van der Waals surface area contributed by atoms with E-state index in [1.807, 2.05) is 24.3 Å². The molecule has 5 aliphatic rings. The van der Waals surface area contributed by atoms with Gasteiger partial charge in [0.1, 0.15) is 5.75 Å². The molecule has 2 saturated heterocycles. The minimum absolute atomic E-state index is 0.00813. The monoisotopic (exact) mass is 637 g/mol. The summed E-state index contributed by atoms with van der Waals surface area (Å²) < 4.78 is 11.6. The van der Waals surface area contributed by atoms with Crippen molar-refractivity contribution >= 4 is 58.1 Å². The maximum absolute atomic E-state index is 14.0. The van der Waals surface area contributed by atoms with E-state index in [1.165, 1.54) is 16.2 Å². The fraction of sp³-hybridized carbons (Fsp3) is 0.419. The Hall–Kier alpha value is -3.12. The number of rotatable bonds is 5. The number of para-hydroxylation sites is 1. The first-order valence-corrected chi connectivity index (χ1v) is 16.6. The molecule has 2 bridgehead atoms. The number of halogens is 1. The second kappa shape index (κ2) is 10.5. The molecule has 4 fully saturated rings. The lowest BCUT2D eigenvalue weighted by Gasteiger charge is -2.43. The van der Waals surface area contributed by atoms with Crippen molar-refractivity contribution in [2.75, 3.05) is 37.8 Å². The summed E-state index contributed by atoms with van der Waals surface area (Å²) in [5, 5.41) is 1.43. The number of anilines is 1. The number of thioether (sulfide) groups is 1. The Morgan fingerprint density at radius 3 is 2.49 bits per heavy atom. The molecule has 43 heavy (non-hydrogen) atoms. The molecule has 0 radical (unpaired) electrons. The fourth-order valence-electron chi connectivity index (χ4n) is 8.12. The van der Waals surface area contributed by atoms with Gasteiger partial charge in [0.15, 0.2) is 6.61 Å². The molecule has 1 N–H and O–H groups in total. The summed E-state index contributed by atoms with van der Waals surface area (Å²) >= 11 is 8.93. The first kappa shape index (κ1) is 27.4. The van der Waals surface area contributed by atoms with Gasteiger partial charge < -0.3 is 19.4 Å². The Bertz CT molecular complexity index is 1680. The highest BCUT2D eigenvalue weighted by Crippen LogP contribution is 2.69. The number of morpholine rings is 1. The SMILES string of the molecule is O=C(COc1ccccc1[C@H]1c2sc(=O)[nH]c2SC2C1[C@H]1C[C@@H]2C2C(=O)N(c3ccc(Cl)cc3)C(=O)C21)N1CCOCC1. The number of ether oxygens (including phenoxy) is 2. The number of aromatic amines is 1. The lowest BCUT2D eigenvalue weighted by molar-refractivity contribution is -0.137. The van der Waals surface area contributed by atoms with Crippen LogP contribution in [0.1, 0.15) is 22.8 Å². The van der Waals surface area contributed by atoms with Gasteiger partial charge in [-0.25, -0.2) is 0 Å². The first-order valence-electron chi connectivity index (χ1n) is 14.5. The second-order valence-corrected chi connectivity index (χ2v) is 14.4. The first-order chi connectivity index (χ1) is 20.9. The van der Waals surface area contributed by atoms with Gasteiger partial charge in [-0.2, -0.15) is 0 Å². The Kier molecular flexibility index (Phi) is 6.70. The van der Waals surface area contributed by atoms with Crippen molar-refractivity contribution < 1.29 is 23.9 Å². The van der Waals surface area contributed by atoms with Gasteiger partial charge in [0.05, 0.1) is 35.8 Å². The van der Waals surface area contributed by atoms with Crippen molar-refractivity contribution in [3.05, 3.63) is 73.7 Å². The van der Waals surface area contributed by atoms with Crippen LogP contribution in [0, 0.1) is 29.6 Å². The molecule has 12 heteroatoms. The third-order valence-electron chi connectivity index (χ3n) is 9.78. The predicted octanol–water partition coefficient (Wildman–Crippen LogP) is 4.01. The molecule has 7 atom stereocenters. The molecule has 1 aromatic heterocycles. The molecule has 3 amide bonds. The summed E-state index contributed by atoms with van der Waals surface area (Å²) in [6.07, 6.45) is 0.790. The third-order valence-corrected chi connectivity index (χ3v) is 12.6. The fourth-order valence-corrected chi connectivity index (χ4v) is 11.1. The average Bonchev–Trinajstić information content (AvgIpc) is 3.76. The normalized spacial score (nSPS) is 30.8. The molecule has 2 aromatic carbocycles. The summed E-state index contributed by atoms with van der Waals surface area (Å²) in [4.78, 5) is 60.3. The van der Waals surface area contributed by atoms with Crippen molar-refractivity contribution in [3.8, 4) is 5.75 Å². The summed E-state index contributed by atoms with van der Waals surface area (Å²) in [5.74, 6) is -0.785. The molecule has 222 valence electrons. The zero-order valence-corrected chi connectivity index (χ0v) is 25.3. The number of hydrogen-bond acceptors (Lipinski definition) is 8. The van der Waals surface area contributed by atoms with Gasteiger partial charge in [0, 0.05) is 39.7 Å². The number of benzene rings is 2. The Morgan fingerprint density at radius 1 is 1.00 bits per heavy atom. The van der Waals surface area contributed by atoms with Crippen LogP contribution in [0.15, 0.2) is 58.4 Å². The van der Waals surface area contributed by atoms with E-state index in [4.69, 9.17) is 21.1 Å². The smallest absolute Gasteiger partial charge is 0.305 e. The van der Waals surface area contributed by atoms with Gasteiger partial charge >= 0.3 is 4.87 Å². The van der Waals surface area contributed by atoms with Crippen LogP contribution in [0.5, 0.6) is 5.75 Å². The summed E-state index contributed by atoms with van der Waals surface area (Å²) in [6.45, 7) is 2.02. The van der Waals surface area contributed by atoms with Crippen LogP contribution in [-0.2, 0) is 19.1 Å². The van der Waals surface area contributed by atoms with Gasteiger partial charge in [-0.3, -0.25) is 24.1 Å². The minimum atomic E-state index is -0.411. The number of nitrogens with zero attached hydrogens (tertiary/aromatic N) is 2. The number of H-pyrrole nitrogens is 1. The van der Waals surface area contributed by atoms with E-state index in [1.54, 1.807) is 40.9 Å². The number of imide groups is 1. The molecule has 9 nitrogen and oxygen atoms in total. The molecular weight excluding hydrogens is 610 g/mol. The van der Waals surface area contributed by atoms with Gasteiger partial charge in [0.25, 0.3) is 5.91 Å². The number of hydrogen-bond donors (Lipinski definition) is 1. The lowest BCUT2D eigenvalue weighted by atomic mass is 9.68. The highest BCUT2D eigenvalue weighted by atomic mass is 35.5. The van der Waals surface area contributed by atoms with E-state index in [2.05, 4.69) is 4.98 Å². The average molecular weight is 638 g/mol. The van der Waals surface area contributed by atoms with E-state index in [-0.39, 0.29) is 64.0 Å². The van der Waals surface area contributed by atoms with Crippen molar-refractivity contribution in [3.63, 3.8) is 0 Å². The standard InChI is InChI=1S/C31H28ClN3O6S2/c32-15-5-7-16(8-6-15)35-29(37)24-18-13-19(25(24)30(35)38)26-23(18)22(27-28(42-26)33-31(39)43-27)17-3-1-2-4-20(17)41-14-21(36)34-9-11-40-12-10-34/h1-8,18-19,22-26H,9-14H2,(H,33,39)/t18-,19-,22-,23?,24?,25?,26?/m1/s1. The second-order valence-electron chi connectivity index (χ2n) is 11.8. The van der Waals surface area contributed by atoms with E-state index < -0.39 is 5.92 Å². The van der Waals surface area contributed by atoms with Crippen LogP contribution in [0.4, 0.5) is 5.69 Å². The number of aromatic nitrogens is 1. The minimum Gasteiger partial charge on any atom is -0.483 e. The van der Waals surface area contributed by atoms with Gasteiger partial charge in [-0.15, -0.1) is 11.8 Å². The van der Waals surface area contributed by atoms with Crippen molar-refractivity contribution in [2.24, 2.45) is 29.6 Å². The molecule has 2 aliphatic carbocycles. The van der Waals surface area contributed by atoms with Gasteiger partial charge in [-0.1, -0.05) is 41.1 Å². The number of amides is 3. The van der Waals surface area contributed by atoms with Crippen LogP contribution < -0.4 is 14.5 Å². The van der Waals surface area contributed by atoms with Crippen LogP contribution in [0.2, 0.25) is 5.02 Å². The largest absolute Gasteiger partial charge is 0.483 e. The Balaban J connectivity index is 1.15. The zero-order chi connectivity index (χ0) is 29.4. The van der Waals surface area contributed by atoms with E-state index >= 15 is 0 Å².